The molecular weight excluding hydrogens is 214 g/mol. The van der Waals surface area contributed by atoms with Gasteiger partial charge in [-0.25, -0.2) is 0 Å². The third kappa shape index (κ3) is 2.86. The Balaban J connectivity index is 1.72. The van der Waals surface area contributed by atoms with E-state index in [0.29, 0.717) is 0 Å². The first kappa shape index (κ1) is 12.1. The molecule has 1 unspecified atom stereocenters. The predicted molar refractivity (Wildman–Crippen MR) is 66.8 cm³/mol. The van der Waals surface area contributed by atoms with Crippen LogP contribution in [0.2, 0.25) is 0 Å². The number of aliphatic hydroxyl groups is 1. The van der Waals surface area contributed by atoms with Crippen molar-refractivity contribution < 1.29 is 9.90 Å². The van der Waals surface area contributed by atoms with E-state index in [4.69, 9.17) is 5.11 Å². The van der Waals surface area contributed by atoms with Crippen molar-refractivity contribution in [2.45, 2.75) is 31.6 Å². The summed E-state index contributed by atoms with van der Waals surface area (Å²) in [5.41, 5.74) is 2.48. The van der Waals surface area contributed by atoms with Gasteiger partial charge >= 0.3 is 0 Å². The second kappa shape index (κ2) is 5.82. The summed E-state index contributed by atoms with van der Waals surface area (Å²) in [6.07, 6.45) is 3.61. The lowest BCUT2D eigenvalue weighted by Gasteiger charge is -2.28. The minimum Gasteiger partial charge on any atom is -0.396 e. The molecular formula is C14H19NO2. The molecule has 0 radical (unpaired) electrons. The van der Waals surface area contributed by atoms with Crippen molar-refractivity contribution in [1.82, 2.24) is 5.32 Å². The van der Waals surface area contributed by atoms with Gasteiger partial charge in [0.2, 0.25) is 5.91 Å². The first-order valence-electron chi connectivity index (χ1n) is 6.29. The summed E-state index contributed by atoms with van der Waals surface area (Å²) < 4.78 is 0. The van der Waals surface area contributed by atoms with Gasteiger partial charge < -0.3 is 10.4 Å². The molecule has 2 N–H and O–H groups in total. The van der Waals surface area contributed by atoms with E-state index in [1.165, 1.54) is 11.1 Å². The summed E-state index contributed by atoms with van der Waals surface area (Å²) in [6, 6.07) is 8.12. The zero-order valence-corrected chi connectivity index (χ0v) is 9.98. The topological polar surface area (TPSA) is 49.3 Å². The fourth-order valence-electron chi connectivity index (χ4n) is 2.24. The van der Waals surface area contributed by atoms with E-state index < -0.39 is 0 Å². The van der Waals surface area contributed by atoms with E-state index >= 15 is 0 Å². The van der Waals surface area contributed by atoms with Crippen LogP contribution in [0.4, 0.5) is 0 Å². The van der Waals surface area contributed by atoms with Crippen molar-refractivity contribution in [3.05, 3.63) is 35.4 Å². The van der Waals surface area contributed by atoms with Crippen molar-refractivity contribution >= 4 is 5.91 Å². The number of carbonyl (C=O) groups excluding carboxylic acids is 1. The summed E-state index contributed by atoms with van der Waals surface area (Å²) in [6.45, 7) is 0.960. The van der Waals surface area contributed by atoms with Crippen LogP contribution in [-0.4, -0.2) is 24.2 Å². The average Bonchev–Trinajstić information content (AvgIpc) is 2.30. The van der Waals surface area contributed by atoms with Gasteiger partial charge in [-0.15, -0.1) is 0 Å². The van der Waals surface area contributed by atoms with E-state index in [0.717, 1.165) is 32.2 Å². The van der Waals surface area contributed by atoms with Crippen LogP contribution < -0.4 is 5.32 Å². The average molecular weight is 233 g/mol. The molecule has 3 heteroatoms. The fraction of sp³-hybridized carbons (Fsp3) is 0.500. The number of unbranched alkanes of at least 4 members (excludes halogenated alkanes) is 2. The Kier molecular flexibility index (Phi) is 4.15. The van der Waals surface area contributed by atoms with Gasteiger partial charge in [0.1, 0.15) is 0 Å². The Labute approximate surface area is 102 Å². The van der Waals surface area contributed by atoms with Gasteiger partial charge in [0.25, 0.3) is 0 Å². The van der Waals surface area contributed by atoms with Crippen LogP contribution in [0.5, 0.6) is 0 Å². The molecule has 1 aliphatic rings. The molecule has 0 aromatic heterocycles. The normalized spacial score (nSPS) is 17.1. The standard InChI is InChI=1S/C14H19NO2/c16-9-5-1-4-8-15-14(17)13-10-11-6-2-3-7-12(11)13/h2-3,6-7,13,16H,1,4-5,8-10H2,(H,15,17). The molecule has 1 amide bonds. The van der Waals surface area contributed by atoms with E-state index in [1.807, 2.05) is 18.2 Å². The fourth-order valence-corrected chi connectivity index (χ4v) is 2.24. The molecule has 0 spiro atoms. The van der Waals surface area contributed by atoms with Gasteiger partial charge in [-0.3, -0.25) is 4.79 Å². The largest absolute Gasteiger partial charge is 0.396 e. The van der Waals surface area contributed by atoms with Gasteiger partial charge in [-0.05, 0) is 36.8 Å². The maximum atomic E-state index is 11.9. The Hall–Kier alpha value is -1.35. The smallest absolute Gasteiger partial charge is 0.227 e. The zero-order chi connectivity index (χ0) is 12.1. The van der Waals surface area contributed by atoms with Crippen LogP contribution in [-0.2, 0) is 11.2 Å². The van der Waals surface area contributed by atoms with Crippen LogP contribution in [0.25, 0.3) is 0 Å². The summed E-state index contributed by atoms with van der Waals surface area (Å²) in [5, 5.41) is 11.6. The minimum absolute atomic E-state index is 0.0593. The van der Waals surface area contributed by atoms with Crippen LogP contribution in [0.15, 0.2) is 24.3 Å². The molecule has 1 aromatic carbocycles. The molecule has 17 heavy (non-hydrogen) atoms. The Morgan fingerprint density at radius 3 is 2.88 bits per heavy atom. The minimum atomic E-state index is 0.0593. The highest BCUT2D eigenvalue weighted by atomic mass is 16.2. The zero-order valence-electron chi connectivity index (χ0n) is 9.98. The SMILES string of the molecule is O=C(NCCCCCO)C1Cc2ccccc21. The van der Waals surface area contributed by atoms with E-state index in [1.54, 1.807) is 0 Å². The molecule has 0 heterocycles. The molecule has 2 rings (SSSR count). The monoisotopic (exact) mass is 233 g/mol. The number of hydrogen-bond acceptors (Lipinski definition) is 2. The molecule has 92 valence electrons. The van der Waals surface area contributed by atoms with Crippen molar-refractivity contribution in [2.24, 2.45) is 0 Å². The van der Waals surface area contributed by atoms with Gasteiger partial charge in [-0.2, -0.15) is 0 Å². The number of benzene rings is 1. The Morgan fingerprint density at radius 1 is 1.29 bits per heavy atom. The number of aliphatic hydroxyl groups excluding tert-OH is 1. The highest BCUT2D eigenvalue weighted by Crippen LogP contribution is 2.34. The molecule has 0 saturated heterocycles. The van der Waals surface area contributed by atoms with Crippen molar-refractivity contribution in [3.8, 4) is 0 Å². The molecule has 0 saturated carbocycles. The summed E-state index contributed by atoms with van der Waals surface area (Å²) in [4.78, 5) is 11.9. The highest BCUT2D eigenvalue weighted by Gasteiger charge is 2.31. The molecule has 0 bridgehead atoms. The number of amides is 1. The quantitative estimate of drug-likeness (QED) is 0.733. The molecule has 1 aromatic rings. The number of carbonyl (C=O) groups is 1. The Bertz CT molecular complexity index is 390. The molecule has 1 aliphatic carbocycles. The van der Waals surface area contributed by atoms with Crippen LogP contribution in [0, 0.1) is 0 Å². The maximum Gasteiger partial charge on any atom is 0.227 e. The van der Waals surface area contributed by atoms with Crippen LogP contribution in [0.3, 0.4) is 0 Å². The third-order valence-electron chi connectivity index (χ3n) is 3.31. The predicted octanol–water partition coefficient (Wildman–Crippen LogP) is 1.61. The van der Waals surface area contributed by atoms with Crippen molar-refractivity contribution in [2.75, 3.05) is 13.2 Å². The Morgan fingerprint density at radius 2 is 2.12 bits per heavy atom. The van der Waals surface area contributed by atoms with E-state index in [-0.39, 0.29) is 18.4 Å². The molecule has 1 atom stereocenters. The number of fused-ring (bicyclic) bond motifs is 1. The van der Waals surface area contributed by atoms with Crippen molar-refractivity contribution in [3.63, 3.8) is 0 Å². The summed E-state index contributed by atoms with van der Waals surface area (Å²) >= 11 is 0. The second-order valence-electron chi connectivity index (χ2n) is 4.53. The maximum absolute atomic E-state index is 11.9. The lowest BCUT2D eigenvalue weighted by atomic mass is 9.77. The summed E-state index contributed by atoms with van der Waals surface area (Å²) in [7, 11) is 0. The van der Waals surface area contributed by atoms with Crippen LogP contribution in [0.1, 0.15) is 36.3 Å². The number of hydrogen-bond donors (Lipinski definition) is 2. The second-order valence-corrected chi connectivity index (χ2v) is 4.53. The third-order valence-corrected chi connectivity index (χ3v) is 3.31. The first-order valence-corrected chi connectivity index (χ1v) is 6.29. The van der Waals surface area contributed by atoms with E-state index in [2.05, 4.69) is 11.4 Å². The molecule has 0 fully saturated rings. The van der Waals surface area contributed by atoms with E-state index in [9.17, 15) is 4.79 Å². The van der Waals surface area contributed by atoms with Gasteiger partial charge in [0, 0.05) is 13.2 Å². The molecule has 3 nitrogen and oxygen atoms in total. The highest BCUT2D eigenvalue weighted by molar-refractivity contribution is 5.86. The summed E-state index contributed by atoms with van der Waals surface area (Å²) in [5.74, 6) is 0.205. The van der Waals surface area contributed by atoms with Crippen LogP contribution >= 0.6 is 0 Å². The lowest BCUT2D eigenvalue weighted by Crippen LogP contribution is -2.35. The van der Waals surface area contributed by atoms with Crippen molar-refractivity contribution in [1.29, 1.82) is 0 Å². The van der Waals surface area contributed by atoms with Gasteiger partial charge in [-0.1, -0.05) is 24.3 Å². The van der Waals surface area contributed by atoms with Gasteiger partial charge in [0.05, 0.1) is 5.92 Å². The molecule has 0 aliphatic heterocycles. The lowest BCUT2D eigenvalue weighted by molar-refractivity contribution is -0.123. The number of nitrogens with one attached hydrogen (secondary N) is 1. The van der Waals surface area contributed by atoms with Gasteiger partial charge in [0.15, 0.2) is 0 Å². The number of rotatable bonds is 6. The first-order chi connectivity index (χ1) is 8.33.